The van der Waals surface area contributed by atoms with Crippen LogP contribution in [0.2, 0.25) is 0 Å². The number of rotatable bonds is 5. The molecule has 0 spiro atoms. The zero-order valence-corrected chi connectivity index (χ0v) is 8.40. The van der Waals surface area contributed by atoms with Gasteiger partial charge in [0, 0.05) is 12.7 Å². The maximum atomic E-state index is 9.36. The molecule has 3 heteroatoms. The summed E-state index contributed by atoms with van der Waals surface area (Å²) in [6.07, 6.45) is 6.36. The average molecular weight is 182 g/mol. The zero-order chi connectivity index (χ0) is 9.68. The molecule has 0 saturated carbocycles. The van der Waals surface area contributed by atoms with Gasteiger partial charge in [0.15, 0.2) is 0 Å². The smallest absolute Gasteiger partial charge is 0.0540 e. The quantitative estimate of drug-likeness (QED) is 0.751. The molecule has 0 aliphatic rings. The zero-order valence-electron chi connectivity index (χ0n) is 8.40. The summed E-state index contributed by atoms with van der Waals surface area (Å²) in [5.41, 5.74) is 1.22. The fraction of sp³-hybridized carbons (Fsp3) is 0.700. The Kier molecular flexibility index (Phi) is 3.96. The van der Waals surface area contributed by atoms with E-state index >= 15 is 0 Å². The van der Waals surface area contributed by atoms with Gasteiger partial charge in [0.05, 0.1) is 12.3 Å². The van der Waals surface area contributed by atoms with Gasteiger partial charge in [-0.25, -0.2) is 0 Å². The van der Waals surface area contributed by atoms with Gasteiger partial charge in [-0.3, -0.25) is 4.68 Å². The fourth-order valence-electron chi connectivity index (χ4n) is 1.25. The van der Waals surface area contributed by atoms with Crippen molar-refractivity contribution in [1.82, 2.24) is 9.78 Å². The molecule has 0 amide bonds. The summed E-state index contributed by atoms with van der Waals surface area (Å²) in [5, 5.41) is 13.5. The van der Waals surface area contributed by atoms with E-state index in [1.165, 1.54) is 5.56 Å². The number of nitrogens with zero attached hydrogens (tertiary/aromatic N) is 2. The lowest BCUT2D eigenvalue weighted by atomic mass is 10.1. The molecule has 0 radical (unpaired) electrons. The molecule has 0 fully saturated rings. The van der Waals surface area contributed by atoms with Gasteiger partial charge >= 0.3 is 0 Å². The van der Waals surface area contributed by atoms with Crippen LogP contribution in [0.25, 0.3) is 0 Å². The van der Waals surface area contributed by atoms with Crippen molar-refractivity contribution in [3.05, 3.63) is 18.0 Å². The van der Waals surface area contributed by atoms with Crippen LogP contribution in [0.1, 0.15) is 32.3 Å². The third-order valence-electron chi connectivity index (χ3n) is 2.25. The van der Waals surface area contributed by atoms with Crippen molar-refractivity contribution in [2.45, 2.75) is 45.8 Å². The van der Waals surface area contributed by atoms with Crippen LogP contribution >= 0.6 is 0 Å². The molecule has 0 aliphatic heterocycles. The Balaban J connectivity index is 2.36. The molecule has 0 aromatic carbocycles. The van der Waals surface area contributed by atoms with Crippen molar-refractivity contribution < 1.29 is 5.11 Å². The fourth-order valence-corrected chi connectivity index (χ4v) is 1.25. The average Bonchev–Trinajstić information content (AvgIpc) is 2.61. The highest BCUT2D eigenvalue weighted by molar-refractivity contribution is 5.03. The minimum atomic E-state index is -0.162. The summed E-state index contributed by atoms with van der Waals surface area (Å²) in [6.45, 7) is 4.98. The number of aliphatic hydroxyl groups excluding tert-OH is 1. The number of aryl methyl sites for hydroxylation is 2. The normalized spacial score (nSPS) is 13.2. The first-order chi connectivity index (χ1) is 6.26. The van der Waals surface area contributed by atoms with Crippen LogP contribution in [-0.4, -0.2) is 21.0 Å². The van der Waals surface area contributed by atoms with E-state index < -0.39 is 0 Å². The summed E-state index contributed by atoms with van der Waals surface area (Å²) in [4.78, 5) is 0. The highest BCUT2D eigenvalue weighted by Crippen LogP contribution is 2.06. The minimum Gasteiger partial charge on any atom is -0.393 e. The van der Waals surface area contributed by atoms with Crippen molar-refractivity contribution in [1.29, 1.82) is 0 Å². The van der Waals surface area contributed by atoms with Crippen molar-refractivity contribution in [2.75, 3.05) is 0 Å². The maximum absolute atomic E-state index is 9.36. The topological polar surface area (TPSA) is 38.1 Å². The molecule has 74 valence electrons. The van der Waals surface area contributed by atoms with Crippen LogP contribution in [-0.2, 0) is 13.0 Å². The largest absolute Gasteiger partial charge is 0.393 e. The second kappa shape index (κ2) is 5.02. The SMILES string of the molecule is CCC(O)CCc1cnn(CC)c1. The lowest BCUT2D eigenvalue weighted by Gasteiger charge is -2.04. The van der Waals surface area contributed by atoms with Gasteiger partial charge in [-0.05, 0) is 31.7 Å². The molecular weight excluding hydrogens is 164 g/mol. The Hall–Kier alpha value is -0.830. The molecule has 0 saturated heterocycles. The Morgan fingerprint density at radius 2 is 2.31 bits per heavy atom. The summed E-state index contributed by atoms with van der Waals surface area (Å²) >= 11 is 0. The Labute approximate surface area is 79.4 Å². The van der Waals surface area contributed by atoms with E-state index in [0.29, 0.717) is 0 Å². The van der Waals surface area contributed by atoms with Gasteiger partial charge in [0.25, 0.3) is 0 Å². The Morgan fingerprint density at radius 3 is 2.85 bits per heavy atom. The van der Waals surface area contributed by atoms with E-state index in [2.05, 4.69) is 12.0 Å². The van der Waals surface area contributed by atoms with Crippen LogP contribution in [0.4, 0.5) is 0 Å². The first-order valence-electron chi connectivity index (χ1n) is 4.95. The Bertz CT molecular complexity index is 245. The predicted molar refractivity (Wildman–Crippen MR) is 52.5 cm³/mol. The van der Waals surface area contributed by atoms with Crippen LogP contribution in [0.3, 0.4) is 0 Å². The van der Waals surface area contributed by atoms with Gasteiger partial charge in [-0.1, -0.05) is 6.92 Å². The summed E-state index contributed by atoms with van der Waals surface area (Å²) < 4.78 is 1.91. The molecule has 1 unspecified atom stereocenters. The Morgan fingerprint density at radius 1 is 1.54 bits per heavy atom. The summed E-state index contributed by atoms with van der Waals surface area (Å²) in [7, 11) is 0. The second-order valence-electron chi connectivity index (χ2n) is 3.31. The molecule has 1 aromatic heterocycles. The van der Waals surface area contributed by atoms with E-state index in [-0.39, 0.29) is 6.10 Å². The maximum Gasteiger partial charge on any atom is 0.0540 e. The minimum absolute atomic E-state index is 0.162. The number of aromatic nitrogens is 2. The predicted octanol–water partition coefficient (Wildman–Crippen LogP) is 1.61. The third kappa shape index (κ3) is 3.19. The van der Waals surface area contributed by atoms with E-state index in [9.17, 15) is 5.11 Å². The molecule has 1 heterocycles. The number of hydrogen-bond acceptors (Lipinski definition) is 2. The van der Waals surface area contributed by atoms with Gasteiger partial charge in [0.2, 0.25) is 0 Å². The van der Waals surface area contributed by atoms with Crippen molar-refractivity contribution in [3.8, 4) is 0 Å². The molecule has 1 rings (SSSR count). The molecule has 1 N–H and O–H groups in total. The number of hydrogen-bond donors (Lipinski definition) is 1. The van der Waals surface area contributed by atoms with Crippen LogP contribution < -0.4 is 0 Å². The van der Waals surface area contributed by atoms with Gasteiger partial charge < -0.3 is 5.11 Å². The number of aliphatic hydroxyl groups is 1. The van der Waals surface area contributed by atoms with Gasteiger partial charge in [-0.15, -0.1) is 0 Å². The summed E-state index contributed by atoms with van der Waals surface area (Å²) in [5.74, 6) is 0. The molecule has 0 bridgehead atoms. The van der Waals surface area contributed by atoms with E-state index in [0.717, 1.165) is 25.8 Å². The van der Waals surface area contributed by atoms with Crippen molar-refractivity contribution in [3.63, 3.8) is 0 Å². The molecule has 1 aromatic rings. The van der Waals surface area contributed by atoms with Crippen LogP contribution in [0.15, 0.2) is 12.4 Å². The lowest BCUT2D eigenvalue weighted by Crippen LogP contribution is -2.05. The van der Waals surface area contributed by atoms with Gasteiger partial charge in [0.1, 0.15) is 0 Å². The standard InChI is InChI=1S/C10H18N2O/c1-3-10(13)6-5-9-7-11-12(4-2)8-9/h7-8,10,13H,3-6H2,1-2H3. The van der Waals surface area contributed by atoms with E-state index in [1.54, 1.807) is 0 Å². The highest BCUT2D eigenvalue weighted by atomic mass is 16.3. The summed E-state index contributed by atoms with van der Waals surface area (Å²) in [6, 6.07) is 0. The molecular formula is C10H18N2O. The first kappa shape index (κ1) is 10.3. The third-order valence-corrected chi connectivity index (χ3v) is 2.25. The lowest BCUT2D eigenvalue weighted by molar-refractivity contribution is 0.160. The highest BCUT2D eigenvalue weighted by Gasteiger charge is 2.02. The molecule has 13 heavy (non-hydrogen) atoms. The monoisotopic (exact) mass is 182 g/mol. The van der Waals surface area contributed by atoms with Crippen molar-refractivity contribution >= 4 is 0 Å². The van der Waals surface area contributed by atoms with Crippen LogP contribution in [0.5, 0.6) is 0 Å². The second-order valence-corrected chi connectivity index (χ2v) is 3.31. The molecule has 1 atom stereocenters. The van der Waals surface area contributed by atoms with Gasteiger partial charge in [-0.2, -0.15) is 5.10 Å². The first-order valence-corrected chi connectivity index (χ1v) is 4.95. The molecule has 0 aliphatic carbocycles. The van der Waals surface area contributed by atoms with E-state index in [4.69, 9.17) is 0 Å². The van der Waals surface area contributed by atoms with Crippen molar-refractivity contribution in [2.24, 2.45) is 0 Å². The molecule has 3 nitrogen and oxygen atoms in total. The van der Waals surface area contributed by atoms with E-state index in [1.807, 2.05) is 24.0 Å². The van der Waals surface area contributed by atoms with Crippen LogP contribution in [0, 0.1) is 0 Å².